The number of carbonyl (C=O) groups is 1. The Balaban J connectivity index is 1.78. The van der Waals surface area contributed by atoms with Gasteiger partial charge >= 0.3 is 0 Å². The van der Waals surface area contributed by atoms with Crippen LogP contribution >= 0.6 is 23.4 Å². The maximum Gasteiger partial charge on any atom is 0.283 e. The number of rotatable bonds is 2. The first kappa shape index (κ1) is 16.9. The summed E-state index contributed by atoms with van der Waals surface area (Å²) in [4.78, 5) is 18.1. The fourth-order valence-electron chi connectivity index (χ4n) is 3.11. The minimum atomic E-state index is -0.381. The van der Waals surface area contributed by atoms with Crippen LogP contribution in [0.15, 0.2) is 52.5 Å². The number of benzene rings is 1. The maximum atomic E-state index is 12.4. The highest BCUT2D eigenvalue weighted by Crippen LogP contribution is 2.29. The molecule has 1 aromatic heterocycles. The first-order chi connectivity index (χ1) is 12.5. The monoisotopic (exact) mass is 382 g/mol. The van der Waals surface area contributed by atoms with E-state index >= 15 is 0 Å². The highest BCUT2D eigenvalue weighted by atomic mass is 35.5. The molecule has 0 atom stereocenters. The van der Waals surface area contributed by atoms with Gasteiger partial charge in [-0.2, -0.15) is 4.99 Å². The lowest BCUT2D eigenvalue weighted by Gasteiger charge is -2.22. The number of aliphatic imine (C=N–C) groups is 1. The number of amides is 1. The molecule has 0 bridgehead atoms. The smallest absolute Gasteiger partial charge is 0.283 e. The summed E-state index contributed by atoms with van der Waals surface area (Å²) < 4.78 is 2.10. The van der Waals surface area contributed by atoms with Crippen LogP contribution in [0.3, 0.4) is 0 Å². The van der Waals surface area contributed by atoms with E-state index < -0.39 is 0 Å². The first-order valence-corrected chi connectivity index (χ1v) is 9.22. The molecule has 2 aliphatic heterocycles. The number of amidine groups is 2. The van der Waals surface area contributed by atoms with Gasteiger partial charge in [0.05, 0.1) is 5.57 Å². The van der Waals surface area contributed by atoms with Crippen LogP contribution in [-0.2, 0) is 4.79 Å². The highest BCUT2D eigenvalue weighted by Gasteiger charge is 2.31. The summed E-state index contributed by atoms with van der Waals surface area (Å²) in [5.41, 5.74) is 4.20. The second kappa shape index (κ2) is 6.30. The summed E-state index contributed by atoms with van der Waals surface area (Å²) in [7, 11) is 0. The summed E-state index contributed by atoms with van der Waals surface area (Å²) in [5.74, 6) is -0.230. The summed E-state index contributed by atoms with van der Waals surface area (Å²) in [5, 5.41) is 11.4. The van der Waals surface area contributed by atoms with E-state index in [0.29, 0.717) is 10.2 Å². The fourth-order valence-corrected chi connectivity index (χ4v) is 3.94. The molecule has 1 amide bonds. The van der Waals surface area contributed by atoms with Crippen LogP contribution in [0.25, 0.3) is 11.8 Å². The van der Waals surface area contributed by atoms with Gasteiger partial charge in [0, 0.05) is 28.3 Å². The zero-order valence-electron chi connectivity index (χ0n) is 14.2. The molecule has 0 fully saturated rings. The predicted octanol–water partition coefficient (Wildman–Crippen LogP) is 4.52. The van der Waals surface area contributed by atoms with Crippen molar-refractivity contribution >= 4 is 46.3 Å². The van der Waals surface area contributed by atoms with Crippen molar-refractivity contribution in [1.29, 1.82) is 5.41 Å². The fraction of sp³-hybridized carbons (Fsp3) is 0.105. The van der Waals surface area contributed by atoms with Gasteiger partial charge in [-0.3, -0.25) is 15.1 Å². The van der Waals surface area contributed by atoms with Gasteiger partial charge in [-0.1, -0.05) is 23.4 Å². The molecule has 2 aliphatic rings. The molecule has 1 N–H and O–H groups in total. The van der Waals surface area contributed by atoms with E-state index in [2.05, 4.69) is 9.56 Å². The molecule has 0 saturated carbocycles. The average Bonchev–Trinajstić information content (AvgIpc) is 3.17. The molecule has 7 heteroatoms. The molecular weight excluding hydrogens is 368 g/mol. The predicted molar refractivity (Wildman–Crippen MR) is 107 cm³/mol. The number of hydrogen-bond donors (Lipinski definition) is 1. The normalized spacial score (nSPS) is 17.9. The van der Waals surface area contributed by atoms with Gasteiger partial charge in [0.25, 0.3) is 5.91 Å². The molecule has 0 aliphatic carbocycles. The maximum absolute atomic E-state index is 12.4. The van der Waals surface area contributed by atoms with Crippen molar-refractivity contribution in [2.75, 3.05) is 0 Å². The van der Waals surface area contributed by atoms with Gasteiger partial charge in [-0.25, -0.2) is 0 Å². The van der Waals surface area contributed by atoms with Crippen molar-refractivity contribution in [3.8, 4) is 5.69 Å². The van der Waals surface area contributed by atoms with E-state index in [1.54, 1.807) is 17.2 Å². The Labute approximate surface area is 160 Å². The number of aryl methyl sites for hydroxylation is 1. The molecule has 2 aromatic rings. The minimum absolute atomic E-state index is 0.151. The SMILES string of the molecule is Cc1cc(/C=C2/C(=N)N3C=CSC3=NC2=O)c(C)n1-c1ccc(Cl)cc1. The van der Waals surface area contributed by atoms with E-state index in [-0.39, 0.29) is 17.3 Å². The van der Waals surface area contributed by atoms with E-state index in [1.807, 2.05) is 49.6 Å². The van der Waals surface area contributed by atoms with Gasteiger partial charge in [0.15, 0.2) is 5.17 Å². The highest BCUT2D eigenvalue weighted by molar-refractivity contribution is 8.16. The number of hydrogen-bond acceptors (Lipinski definition) is 3. The zero-order chi connectivity index (χ0) is 18.4. The van der Waals surface area contributed by atoms with Crippen LogP contribution < -0.4 is 0 Å². The topological polar surface area (TPSA) is 61.5 Å². The van der Waals surface area contributed by atoms with Crippen molar-refractivity contribution in [3.63, 3.8) is 0 Å². The Morgan fingerprint density at radius 1 is 1.23 bits per heavy atom. The Kier molecular flexibility index (Phi) is 4.09. The van der Waals surface area contributed by atoms with Crippen molar-refractivity contribution < 1.29 is 4.79 Å². The Morgan fingerprint density at radius 3 is 2.69 bits per heavy atom. The third-order valence-electron chi connectivity index (χ3n) is 4.37. The quantitative estimate of drug-likeness (QED) is 0.776. The van der Waals surface area contributed by atoms with Crippen LogP contribution in [0, 0.1) is 19.3 Å². The Morgan fingerprint density at radius 2 is 1.96 bits per heavy atom. The van der Waals surface area contributed by atoms with Crippen LogP contribution in [-0.4, -0.2) is 26.4 Å². The molecule has 0 radical (unpaired) electrons. The van der Waals surface area contributed by atoms with Crippen molar-refractivity contribution in [2.24, 2.45) is 4.99 Å². The zero-order valence-corrected chi connectivity index (χ0v) is 15.7. The Hall–Kier alpha value is -2.57. The number of nitrogens with zero attached hydrogens (tertiary/aromatic N) is 3. The van der Waals surface area contributed by atoms with E-state index in [9.17, 15) is 4.79 Å². The lowest BCUT2D eigenvalue weighted by molar-refractivity contribution is -0.114. The van der Waals surface area contributed by atoms with Gasteiger partial charge in [-0.15, -0.1) is 0 Å². The lowest BCUT2D eigenvalue weighted by Crippen LogP contribution is -2.35. The molecule has 0 unspecified atom stereocenters. The third-order valence-corrected chi connectivity index (χ3v) is 5.38. The van der Waals surface area contributed by atoms with Crippen LogP contribution in [0.4, 0.5) is 0 Å². The molecule has 0 saturated heterocycles. The van der Waals surface area contributed by atoms with Gasteiger partial charge < -0.3 is 4.57 Å². The molecule has 5 nitrogen and oxygen atoms in total. The molecule has 0 spiro atoms. The minimum Gasteiger partial charge on any atom is -0.318 e. The number of halogens is 1. The van der Waals surface area contributed by atoms with E-state index in [0.717, 1.165) is 22.6 Å². The first-order valence-electron chi connectivity index (χ1n) is 7.97. The number of thioether (sulfide) groups is 1. The second-order valence-corrected chi connectivity index (χ2v) is 7.33. The summed E-state index contributed by atoms with van der Waals surface area (Å²) in [6.45, 7) is 4.00. The van der Waals surface area contributed by atoms with E-state index in [1.165, 1.54) is 11.8 Å². The number of fused-ring (bicyclic) bond motifs is 1. The third kappa shape index (κ3) is 2.71. The van der Waals surface area contributed by atoms with Gasteiger partial charge in [0.2, 0.25) is 0 Å². The molecule has 3 heterocycles. The number of aromatic nitrogens is 1. The summed E-state index contributed by atoms with van der Waals surface area (Å²) in [6, 6.07) is 9.61. The lowest BCUT2D eigenvalue weighted by atomic mass is 10.1. The largest absolute Gasteiger partial charge is 0.318 e. The molecular formula is C19H15ClN4OS. The summed E-state index contributed by atoms with van der Waals surface area (Å²) >= 11 is 7.33. The molecule has 4 rings (SSSR count). The van der Waals surface area contributed by atoms with E-state index in [4.69, 9.17) is 17.0 Å². The van der Waals surface area contributed by atoms with Crippen LogP contribution in [0.1, 0.15) is 17.0 Å². The summed E-state index contributed by atoms with van der Waals surface area (Å²) in [6.07, 6.45) is 3.50. The standard InChI is InChI=1S/C19H15ClN4OS/c1-11-9-13(12(2)24(11)15-5-3-14(20)4-6-15)10-16-17(21)23-7-8-26-19(23)22-18(16)25/h3-10,21H,1-2H3/b16-10-,21-17?. The molecule has 26 heavy (non-hydrogen) atoms. The van der Waals surface area contributed by atoms with Crippen molar-refractivity contribution in [2.45, 2.75) is 13.8 Å². The molecule has 130 valence electrons. The van der Waals surface area contributed by atoms with Crippen molar-refractivity contribution in [1.82, 2.24) is 9.47 Å². The van der Waals surface area contributed by atoms with Crippen LogP contribution in [0.5, 0.6) is 0 Å². The average molecular weight is 383 g/mol. The van der Waals surface area contributed by atoms with Crippen molar-refractivity contribution in [3.05, 3.63) is 69.5 Å². The Bertz CT molecular complexity index is 1030. The number of carbonyl (C=O) groups excluding carboxylic acids is 1. The van der Waals surface area contributed by atoms with Gasteiger partial charge in [-0.05, 0) is 61.2 Å². The van der Waals surface area contributed by atoms with Gasteiger partial charge in [0.1, 0.15) is 5.84 Å². The number of nitrogens with one attached hydrogen (secondary N) is 1. The second-order valence-electron chi connectivity index (χ2n) is 6.02. The van der Waals surface area contributed by atoms with Crippen LogP contribution in [0.2, 0.25) is 5.02 Å². The molecule has 1 aromatic carbocycles.